The summed E-state index contributed by atoms with van der Waals surface area (Å²) in [4.78, 5) is 67.5. The lowest BCUT2D eigenvalue weighted by Gasteiger charge is -2.40. The van der Waals surface area contributed by atoms with Gasteiger partial charge in [-0.05, 0) is 89.5 Å². The van der Waals surface area contributed by atoms with Gasteiger partial charge in [0.15, 0.2) is 6.10 Å². The highest BCUT2D eigenvalue weighted by atomic mass is 19.4. The van der Waals surface area contributed by atoms with Gasteiger partial charge in [-0.25, -0.2) is 9.78 Å². The number of likely N-dealkylation sites (tertiary alicyclic amines) is 1. The van der Waals surface area contributed by atoms with Crippen LogP contribution in [0.3, 0.4) is 0 Å². The van der Waals surface area contributed by atoms with Crippen molar-refractivity contribution < 1.29 is 60.8 Å². The van der Waals surface area contributed by atoms with Gasteiger partial charge in [0, 0.05) is 80.3 Å². The van der Waals surface area contributed by atoms with Crippen LogP contribution in [-0.4, -0.2) is 155 Å². The molecule has 0 unspecified atom stereocenters. The molecule has 70 heavy (non-hydrogen) atoms. The van der Waals surface area contributed by atoms with E-state index in [1.807, 2.05) is 32.8 Å². The Bertz CT molecular complexity index is 2660. The van der Waals surface area contributed by atoms with E-state index in [9.17, 15) is 37.5 Å². The van der Waals surface area contributed by atoms with Gasteiger partial charge in [-0.15, -0.1) is 0 Å². The Morgan fingerprint density at radius 1 is 1.13 bits per heavy atom. The van der Waals surface area contributed by atoms with E-state index in [4.69, 9.17) is 23.4 Å². The first-order chi connectivity index (χ1) is 32.9. The molecular weight excluding hydrogens is 918 g/mol. The van der Waals surface area contributed by atoms with E-state index in [0.29, 0.717) is 27.8 Å². The SMILES string of the molecule is CO[C@@H](COC1CN(C(=O)C#CC(C)(C)N(C)C)C1)C(=O)N[C@H]1Cc2coc(n2)-c2ccc3c(c2)c(c(-c2cccnc2[C@H](C)OC)n3CC(F)(F)F)CC(C)(C)COC(=O)[C@@]2(O)CCCN(N2)C1=O. The number of ether oxygens (including phenoxy) is 4. The molecule has 0 spiro atoms. The minimum atomic E-state index is -4.64. The molecule has 2 saturated heterocycles. The van der Waals surface area contributed by atoms with Crippen molar-refractivity contribution >= 4 is 34.6 Å². The predicted molar refractivity (Wildman–Crippen MR) is 248 cm³/mol. The summed E-state index contributed by atoms with van der Waals surface area (Å²) in [5, 5.41) is 16.0. The Morgan fingerprint density at radius 2 is 1.87 bits per heavy atom. The molecule has 4 atom stereocenters. The van der Waals surface area contributed by atoms with E-state index < -0.39 is 71.5 Å². The highest BCUT2D eigenvalue weighted by molar-refractivity contribution is 5.96. The standard InChI is InChI=1S/C49H61F3N8O10/c1-29(66-8)40-33(12-10-18-53-40)41-35-22-46(2,3)28-70-45(64)48(65)16-11-19-60(56-48)44(63)36(21-31-25-69-43(54-31)30-13-14-37(34(35)20-30)59(41)27-49(50,51)52)55-42(62)38(67-9)26-68-32-23-58(24-32)39(61)15-17-47(4,5)57(6)7/h10,12-14,18,20,25,29,32,36,38,56,65H,11,16,19,21-24,26-28H2,1-9H3,(H,55,62)/t29-,36-,38-,48-/m0/s1. The van der Waals surface area contributed by atoms with E-state index in [1.165, 1.54) is 29.9 Å². The fourth-order valence-electron chi connectivity index (χ4n) is 8.47. The Labute approximate surface area is 404 Å². The number of carbonyl (C=O) groups excluding carboxylic acids is 4. The van der Waals surface area contributed by atoms with Crippen molar-refractivity contribution in [2.24, 2.45) is 5.41 Å². The van der Waals surface area contributed by atoms with Crippen LogP contribution in [0.25, 0.3) is 33.6 Å². The van der Waals surface area contributed by atoms with Gasteiger partial charge in [-0.3, -0.25) is 29.3 Å². The van der Waals surface area contributed by atoms with Crippen LogP contribution in [0.4, 0.5) is 13.2 Å². The second-order valence-corrected chi connectivity index (χ2v) is 19.6. The molecule has 6 bridgehead atoms. The van der Waals surface area contributed by atoms with Crippen molar-refractivity contribution in [3.63, 3.8) is 0 Å². The summed E-state index contributed by atoms with van der Waals surface area (Å²) >= 11 is 0. The molecule has 2 fully saturated rings. The molecule has 378 valence electrons. The monoisotopic (exact) mass is 978 g/mol. The fraction of sp³-hybridized carbons (Fsp3) is 0.551. The van der Waals surface area contributed by atoms with Crippen molar-refractivity contribution in [3.8, 4) is 34.6 Å². The number of nitrogens with zero attached hydrogens (tertiary/aromatic N) is 6. The maximum atomic E-state index is 14.6. The van der Waals surface area contributed by atoms with Crippen LogP contribution in [0, 0.1) is 17.3 Å². The number of fused-ring (bicyclic) bond motifs is 6. The van der Waals surface area contributed by atoms with Crippen molar-refractivity contribution in [1.82, 2.24) is 40.1 Å². The van der Waals surface area contributed by atoms with Gasteiger partial charge >= 0.3 is 12.1 Å². The molecule has 3 aromatic heterocycles. The van der Waals surface area contributed by atoms with Crippen LogP contribution in [0.15, 0.2) is 47.2 Å². The number of halogens is 3. The predicted octanol–water partition coefficient (Wildman–Crippen LogP) is 4.18. The van der Waals surface area contributed by atoms with E-state index in [-0.39, 0.29) is 87.2 Å². The lowest BCUT2D eigenvalue weighted by atomic mass is 9.84. The van der Waals surface area contributed by atoms with Gasteiger partial charge in [0.1, 0.15) is 18.8 Å². The maximum Gasteiger partial charge on any atom is 0.406 e. The zero-order chi connectivity index (χ0) is 50.9. The number of benzene rings is 1. The lowest BCUT2D eigenvalue weighted by Crippen LogP contribution is -2.67. The van der Waals surface area contributed by atoms with Gasteiger partial charge in [-0.2, -0.15) is 18.6 Å². The molecule has 0 saturated carbocycles. The Morgan fingerprint density at radius 3 is 2.56 bits per heavy atom. The van der Waals surface area contributed by atoms with Crippen molar-refractivity contribution in [2.45, 2.75) is 109 Å². The number of rotatable bonds is 11. The minimum absolute atomic E-state index is 0.0413. The number of oxazole rings is 1. The zero-order valence-electron chi connectivity index (χ0n) is 40.9. The molecule has 4 aromatic rings. The van der Waals surface area contributed by atoms with Crippen molar-refractivity contribution in [2.75, 3.05) is 61.2 Å². The van der Waals surface area contributed by atoms with Crippen LogP contribution in [-0.2, 0) is 57.5 Å². The molecule has 0 radical (unpaired) electrons. The summed E-state index contributed by atoms with van der Waals surface area (Å²) in [5.74, 6) is 2.86. The smallest absolute Gasteiger partial charge is 0.406 e. The first-order valence-corrected chi connectivity index (χ1v) is 23.0. The van der Waals surface area contributed by atoms with Crippen LogP contribution in [0.2, 0.25) is 0 Å². The van der Waals surface area contributed by atoms with Crippen LogP contribution in [0.1, 0.15) is 70.5 Å². The van der Waals surface area contributed by atoms with Gasteiger partial charge in [-0.1, -0.05) is 19.8 Å². The average Bonchev–Trinajstić information content (AvgIpc) is 3.87. The number of esters is 1. The van der Waals surface area contributed by atoms with E-state index >= 15 is 0 Å². The molecule has 21 heteroatoms. The first-order valence-electron chi connectivity index (χ1n) is 23.0. The molecule has 3 aliphatic rings. The zero-order valence-corrected chi connectivity index (χ0v) is 40.9. The number of amides is 3. The number of hydrazine groups is 1. The molecule has 3 N–H and O–H groups in total. The largest absolute Gasteiger partial charge is 0.462 e. The normalized spacial score (nSPS) is 21.1. The average molecular weight is 979 g/mol. The van der Waals surface area contributed by atoms with Gasteiger partial charge in [0.2, 0.25) is 11.6 Å². The number of pyridine rings is 1. The molecule has 3 amide bonds. The summed E-state index contributed by atoms with van der Waals surface area (Å²) in [6.45, 7) is 7.81. The fourth-order valence-corrected chi connectivity index (χ4v) is 8.47. The molecule has 7 rings (SSSR count). The first kappa shape index (κ1) is 51.9. The van der Waals surface area contributed by atoms with Crippen LogP contribution < -0.4 is 10.7 Å². The summed E-state index contributed by atoms with van der Waals surface area (Å²) < 4.78 is 73.9. The number of aliphatic hydroxyl groups is 1. The molecule has 6 heterocycles. The number of methoxy groups -OCH3 is 2. The second kappa shape index (κ2) is 20.4. The number of hydrogen-bond acceptors (Lipinski definition) is 14. The lowest BCUT2D eigenvalue weighted by molar-refractivity contribution is -0.189. The molecule has 18 nitrogen and oxygen atoms in total. The van der Waals surface area contributed by atoms with Crippen LogP contribution >= 0.6 is 0 Å². The third-order valence-electron chi connectivity index (χ3n) is 13.0. The number of nitrogens with one attached hydrogen (secondary N) is 2. The molecular formula is C49H61F3N8O10. The number of alkyl halides is 3. The van der Waals surface area contributed by atoms with E-state index in [1.54, 1.807) is 57.3 Å². The Balaban J connectivity index is 1.22. The van der Waals surface area contributed by atoms with E-state index in [0.717, 1.165) is 5.01 Å². The summed E-state index contributed by atoms with van der Waals surface area (Å²) in [7, 11) is 6.53. The maximum absolute atomic E-state index is 14.6. The third-order valence-corrected chi connectivity index (χ3v) is 13.0. The molecule has 1 aromatic carbocycles. The number of carbonyl (C=O) groups is 4. The highest BCUT2D eigenvalue weighted by Crippen LogP contribution is 2.43. The molecule has 0 aliphatic carbocycles. The Hall–Kier alpha value is -5.89. The third kappa shape index (κ3) is 11.5. The number of hydrogen-bond donors (Lipinski definition) is 3. The summed E-state index contributed by atoms with van der Waals surface area (Å²) in [5.41, 5.74) is 1.24. The quantitative estimate of drug-likeness (QED) is 0.143. The topological polar surface area (TPSA) is 203 Å². The van der Waals surface area contributed by atoms with Gasteiger partial charge in [0.25, 0.3) is 17.7 Å². The van der Waals surface area contributed by atoms with Crippen molar-refractivity contribution in [3.05, 3.63) is 59.7 Å². The second-order valence-electron chi connectivity index (χ2n) is 19.6. The minimum Gasteiger partial charge on any atom is -0.462 e. The number of aromatic nitrogens is 3. The number of cyclic esters (lactones) is 1. The summed E-state index contributed by atoms with van der Waals surface area (Å²) in [6.07, 6.45) is -4.13. The summed E-state index contributed by atoms with van der Waals surface area (Å²) in [6, 6.07) is 6.80. The van der Waals surface area contributed by atoms with Crippen molar-refractivity contribution in [1.29, 1.82) is 0 Å². The van der Waals surface area contributed by atoms with Gasteiger partial charge < -0.3 is 43.3 Å². The highest BCUT2D eigenvalue weighted by Gasteiger charge is 2.46. The van der Waals surface area contributed by atoms with Crippen LogP contribution in [0.5, 0.6) is 0 Å². The van der Waals surface area contributed by atoms with Gasteiger partial charge in [0.05, 0.1) is 48.0 Å². The molecule has 3 aliphatic heterocycles. The van der Waals surface area contributed by atoms with E-state index in [2.05, 4.69) is 32.6 Å². The Kier molecular flexibility index (Phi) is 15.2.